The lowest BCUT2D eigenvalue weighted by atomic mass is 9.82. The maximum absolute atomic E-state index is 15.0. The zero-order chi connectivity index (χ0) is 38.1. The van der Waals surface area contributed by atoms with E-state index >= 15 is 0 Å². The molecule has 3 amide bonds. The van der Waals surface area contributed by atoms with Crippen molar-refractivity contribution in [1.82, 2.24) is 4.90 Å². The zero-order valence-electron chi connectivity index (χ0n) is 31.8. The lowest BCUT2D eigenvalue weighted by Crippen LogP contribution is -2.48. The molecule has 1 fully saturated rings. The number of hydrogen-bond acceptors (Lipinski definition) is 6. The molecule has 0 bridgehead atoms. The number of carbonyl (C=O) groups excluding carboxylic acids is 3. The largest absolute Gasteiger partial charge is 0.432 e. The first-order chi connectivity index (χ1) is 25.2. The third-order valence-electron chi connectivity index (χ3n) is 11.3. The van der Waals surface area contributed by atoms with Crippen molar-refractivity contribution < 1.29 is 29.0 Å². The van der Waals surface area contributed by atoms with E-state index < -0.39 is 31.5 Å². The lowest BCUT2D eigenvalue weighted by molar-refractivity contribution is -0.150. The van der Waals surface area contributed by atoms with E-state index in [4.69, 9.17) is 4.74 Å². The van der Waals surface area contributed by atoms with E-state index in [9.17, 15) is 24.3 Å². The first-order valence-electron chi connectivity index (χ1n) is 18.7. The van der Waals surface area contributed by atoms with Crippen LogP contribution in [0.4, 0.5) is 11.4 Å². The van der Waals surface area contributed by atoms with Crippen LogP contribution in [0, 0.1) is 5.92 Å². The molecule has 0 aromatic heterocycles. The molecule has 53 heavy (non-hydrogen) atoms. The van der Waals surface area contributed by atoms with Crippen LogP contribution in [0.15, 0.2) is 96.1 Å². The van der Waals surface area contributed by atoms with Crippen molar-refractivity contribution >= 4 is 37.4 Å². The molecule has 280 valence electrons. The molecule has 6 rings (SSSR count). The highest BCUT2D eigenvalue weighted by atomic mass is 28.4. The van der Waals surface area contributed by atoms with Gasteiger partial charge in [0.05, 0.1) is 30.9 Å². The normalized spacial score (nSPS) is 23.9. The van der Waals surface area contributed by atoms with Crippen LogP contribution in [-0.2, 0) is 32.9 Å². The Morgan fingerprint density at radius 2 is 1.70 bits per heavy atom. The average molecular weight is 736 g/mol. The number of benzene rings is 3. The van der Waals surface area contributed by atoms with Crippen LogP contribution in [0.3, 0.4) is 0 Å². The minimum Gasteiger partial charge on any atom is -0.432 e. The Kier molecular flexibility index (Phi) is 11.3. The van der Waals surface area contributed by atoms with Gasteiger partial charge in [0, 0.05) is 41.4 Å². The van der Waals surface area contributed by atoms with Crippen molar-refractivity contribution in [3.05, 3.63) is 118 Å². The molecule has 0 saturated carbocycles. The second-order valence-electron chi connectivity index (χ2n) is 15.7. The number of carbonyl (C=O) groups is 3. The molecule has 3 aliphatic heterocycles. The Balaban J connectivity index is 1.36. The summed E-state index contributed by atoms with van der Waals surface area (Å²) in [4.78, 5) is 57.8. The molecular formula is C43H53N3O6Si. The fraction of sp³-hybridized carbons (Fsp3) is 0.419. The summed E-state index contributed by atoms with van der Waals surface area (Å²) < 4.78 is 7.01. The predicted molar refractivity (Wildman–Crippen MR) is 211 cm³/mol. The number of anilines is 2. The minimum absolute atomic E-state index is 0.0389. The van der Waals surface area contributed by atoms with Crippen molar-refractivity contribution in [2.45, 2.75) is 96.3 Å². The number of fused-ring (bicyclic) bond motifs is 3. The molecule has 1 spiro atoms. The van der Waals surface area contributed by atoms with Crippen LogP contribution >= 0.6 is 0 Å². The zero-order valence-corrected chi connectivity index (χ0v) is 32.8. The topological polar surface area (TPSA) is 119 Å². The number of ether oxygens (including phenoxy) is 1. The maximum atomic E-state index is 15.0. The smallest absolute Gasteiger partial charge is 0.264 e. The summed E-state index contributed by atoms with van der Waals surface area (Å²) >= 11 is 0. The number of amides is 3. The summed E-state index contributed by atoms with van der Waals surface area (Å²) in [5.74, 6) is -1.18. The second kappa shape index (κ2) is 15.6. The number of nitrogens with zero attached hydrogens (tertiary/aromatic N) is 2. The molecule has 0 unspecified atom stereocenters. The predicted octanol–water partition coefficient (Wildman–Crippen LogP) is 7.11. The highest BCUT2D eigenvalue weighted by molar-refractivity contribution is 6.71. The minimum atomic E-state index is -3.06. The second-order valence-corrected chi connectivity index (χ2v) is 19.7. The molecule has 1 saturated heterocycles. The number of aliphatic hydroxyl groups is 1. The Labute approximate surface area is 314 Å². The van der Waals surface area contributed by atoms with Crippen LogP contribution < -0.4 is 10.2 Å². The Morgan fingerprint density at radius 1 is 1.00 bits per heavy atom. The van der Waals surface area contributed by atoms with Crippen LogP contribution in [0.1, 0.15) is 74.0 Å². The van der Waals surface area contributed by atoms with Gasteiger partial charge in [0.2, 0.25) is 5.91 Å². The molecule has 5 atom stereocenters. The Morgan fingerprint density at radius 3 is 2.38 bits per heavy atom. The highest BCUT2D eigenvalue weighted by Gasteiger charge is 2.66. The maximum Gasteiger partial charge on any atom is 0.264 e. The van der Waals surface area contributed by atoms with Gasteiger partial charge in [-0.3, -0.25) is 14.4 Å². The van der Waals surface area contributed by atoms with Gasteiger partial charge in [-0.05, 0) is 94.6 Å². The van der Waals surface area contributed by atoms with E-state index in [0.717, 1.165) is 29.5 Å². The summed E-state index contributed by atoms with van der Waals surface area (Å²) in [7, 11) is -3.06. The third-order valence-corrected chi connectivity index (χ3v) is 13.8. The summed E-state index contributed by atoms with van der Waals surface area (Å²) in [6.45, 7) is 12.4. The van der Waals surface area contributed by atoms with Gasteiger partial charge in [0.15, 0.2) is 13.9 Å². The van der Waals surface area contributed by atoms with E-state index in [-0.39, 0.29) is 36.8 Å². The SMILES string of the molecule is CC(C)=CCC/C(C)=C/CN1C(=O)[C@]2(O[C@H](CC(=O)N3Cc4ccccc4C[C@H]3CO)[C@@H]([Si](C)(C)O)[C@@H]2C)c2cc(NC(=O)c3ccccc3)ccc21. The summed E-state index contributed by atoms with van der Waals surface area (Å²) in [5.41, 5.74) is 4.97. The monoisotopic (exact) mass is 735 g/mol. The van der Waals surface area contributed by atoms with Gasteiger partial charge in [0.25, 0.3) is 11.8 Å². The van der Waals surface area contributed by atoms with E-state index in [1.54, 1.807) is 40.1 Å². The number of rotatable bonds is 11. The first-order valence-corrected chi connectivity index (χ1v) is 21.8. The summed E-state index contributed by atoms with van der Waals surface area (Å²) in [6, 6.07) is 22.0. The molecule has 10 heteroatoms. The number of nitrogens with one attached hydrogen (secondary N) is 1. The van der Waals surface area contributed by atoms with Crippen LogP contribution in [0.25, 0.3) is 0 Å². The fourth-order valence-electron chi connectivity index (χ4n) is 8.60. The van der Waals surface area contributed by atoms with E-state index in [2.05, 4.69) is 38.2 Å². The Bertz CT molecular complexity index is 1920. The van der Waals surface area contributed by atoms with E-state index in [1.807, 2.05) is 62.5 Å². The number of aliphatic hydroxyl groups excluding tert-OH is 1. The van der Waals surface area contributed by atoms with Gasteiger partial charge in [-0.1, -0.05) is 72.7 Å². The molecule has 3 aliphatic rings. The Hall–Kier alpha value is -4.35. The van der Waals surface area contributed by atoms with Gasteiger partial charge in [-0.15, -0.1) is 0 Å². The molecule has 3 aromatic rings. The van der Waals surface area contributed by atoms with Crippen molar-refractivity contribution in [2.75, 3.05) is 23.4 Å². The summed E-state index contributed by atoms with van der Waals surface area (Å²) in [6.07, 6.45) is 5.83. The van der Waals surface area contributed by atoms with Gasteiger partial charge < -0.3 is 29.8 Å². The summed E-state index contributed by atoms with van der Waals surface area (Å²) in [5, 5.41) is 13.3. The standard InChI is InChI=1S/C43H53N3O6Si/c1-28(2)13-12-14-29(3)21-22-45-37-20-19-34(44-41(49)31-15-8-7-9-16-31)24-36(37)43(42(45)50)30(4)40(53(5,6)51)38(52-43)25-39(48)46-26-33-18-11-10-17-32(33)23-35(46)27-47/h7-11,13,15-21,24,30,35,38,40,47,51H,12,14,22-23,25-27H2,1-6H3,(H,44,49)/b29-21+/t30-,35-,38+,40-,43+/m0/s1. The van der Waals surface area contributed by atoms with Gasteiger partial charge in [-0.25, -0.2) is 0 Å². The van der Waals surface area contributed by atoms with Crippen molar-refractivity contribution in [3.8, 4) is 0 Å². The molecule has 0 radical (unpaired) electrons. The third kappa shape index (κ3) is 7.69. The average Bonchev–Trinajstić information content (AvgIpc) is 3.55. The van der Waals surface area contributed by atoms with E-state index in [0.29, 0.717) is 42.0 Å². The van der Waals surface area contributed by atoms with Crippen molar-refractivity contribution in [1.29, 1.82) is 0 Å². The molecule has 3 aromatic carbocycles. The van der Waals surface area contributed by atoms with Crippen LogP contribution in [0.5, 0.6) is 0 Å². The quantitative estimate of drug-likeness (QED) is 0.143. The molecular weight excluding hydrogens is 683 g/mol. The number of allylic oxidation sites excluding steroid dienone is 3. The molecule has 3 N–H and O–H groups in total. The fourth-order valence-corrected chi connectivity index (χ4v) is 11.2. The van der Waals surface area contributed by atoms with Gasteiger partial charge in [0.1, 0.15) is 0 Å². The highest BCUT2D eigenvalue weighted by Crippen LogP contribution is 2.60. The van der Waals surface area contributed by atoms with Crippen molar-refractivity contribution in [3.63, 3.8) is 0 Å². The number of hydrogen-bond donors (Lipinski definition) is 3. The first kappa shape index (κ1) is 38.4. The van der Waals surface area contributed by atoms with Crippen LogP contribution in [0.2, 0.25) is 18.6 Å². The molecule has 3 heterocycles. The van der Waals surface area contributed by atoms with Gasteiger partial charge in [-0.2, -0.15) is 0 Å². The van der Waals surface area contributed by atoms with Gasteiger partial charge >= 0.3 is 0 Å². The molecule has 9 nitrogen and oxygen atoms in total. The lowest BCUT2D eigenvalue weighted by Gasteiger charge is -2.37. The van der Waals surface area contributed by atoms with Crippen LogP contribution in [-0.4, -0.2) is 66.1 Å². The van der Waals surface area contributed by atoms with E-state index in [1.165, 1.54) is 5.57 Å². The molecule has 0 aliphatic carbocycles. The van der Waals surface area contributed by atoms with Crippen molar-refractivity contribution in [2.24, 2.45) is 5.92 Å².